The minimum atomic E-state index is -0.295. The molecule has 0 amide bonds. The van der Waals surface area contributed by atoms with E-state index >= 15 is 0 Å². The molecule has 94 valence electrons. The predicted molar refractivity (Wildman–Crippen MR) is 70.7 cm³/mol. The van der Waals surface area contributed by atoms with E-state index in [4.69, 9.17) is 0 Å². The van der Waals surface area contributed by atoms with Crippen molar-refractivity contribution in [1.29, 1.82) is 0 Å². The van der Waals surface area contributed by atoms with Gasteiger partial charge in [-0.3, -0.25) is 9.20 Å². The summed E-state index contributed by atoms with van der Waals surface area (Å²) in [7, 11) is 0. The lowest BCUT2D eigenvalue weighted by atomic mass is 10.2. The minimum absolute atomic E-state index is 0.295. The second-order valence-electron chi connectivity index (χ2n) is 4.36. The molecule has 3 nitrogen and oxygen atoms in total. The Morgan fingerprint density at radius 2 is 1.95 bits per heavy atom. The summed E-state index contributed by atoms with van der Waals surface area (Å²) in [6, 6.07) is 9.89. The first kappa shape index (κ1) is 11.6. The lowest BCUT2D eigenvalue weighted by Crippen LogP contribution is -1.90. The number of pyridine rings is 1. The number of aromatic nitrogens is 2. The van der Waals surface area contributed by atoms with E-state index in [1.807, 2.05) is 29.7 Å². The van der Waals surface area contributed by atoms with E-state index in [-0.39, 0.29) is 5.82 Å². The van der Waals surface area contributed by atoms with Gasteiger partial charge in [0.15, 0.2) is 6.29 Å². The summed E-state index contributed by atoms with van der Waals surface area (Å²) in [6.45, 7) is 1.93. The zero-order valence-electron chi connectivity index (χ0n) is 10.3. The number of hydrogen-bond donors (Lipinski definition) is 0. The number of carbonyl (C=O) groups excluding carboxylic acids is 1. The molecule has 0 unspecified atom stereocenters. The van der Waals surface area contributed by atoms with Crippen molar-refractivity contribution in [2.24, 2.45) is 0 Å². The van der Waals surface area contributed by atoms with Crippen LogP contribution >= 0.6 is 0 Å². The van der Waals surface area contributed by atoms with E-state index in [2.05, 4.69) is 4.98 Å². The van der Waals surface area contributed by atoms with Crippen LogP contribution in [0.15, 0.2) is 42.6 Å². The molecule has 0 radical (unpaired) electrons. The zero-order valence-corrected chi connectivity index (χ0v) is 10.3. The summed E-state index contributed by atoms with van der Waals surface area (Å²) in [4.78, 5) is 15.5. The summed E-state index contributed by atoms with van der Waals surface area (Å²) in [6.07, 6.45) is 2.59. The van der Waals surface area contributed by atoms with E-state index in [9.17, 15) is 9.18 Å². The highest BCUT2D eigenvalue weighted by Crippen LogP contribution is 2.24. The Balaban J connectivity index is 2.33. The maximum Gasteiger partial charge on any atom is 0.170 e. The fraction of sp³-hybridized carbons (Fsp3) is 0.0667. The summed E-state index contributed by atoms with van der Waals surface area (Å²) >= 11 is 0. The largest absolute Gasteiger partial charge is 0.299 e. The van der Waals surface area contributed by atoms with Crippen LogP contribution in [0.5, 0.6) is 0 Å². The fourth-order valence-corrected chi connectivity index (χ4v) is 2.22. The second-order valence-corrected chi connectivity index (χ2v) is 4.36. The SMILES string of the molecule is Cc1cccn2c(-c3ccc(F)cc3)nc(C=O)c12. The molecule has 19 heavy (non-hydrogen) atoms. The molecule has 0 fully saturated rings. The Kier molecular flexibility index (Phi) is 2.63. The van der Waals surface area contributed by atoms with Crippen LogP contribution < -0.4 is 0 Å². The molecule has 0 N–H and O–H groups in total. The molecule has 2 aromatic heterocycles. The van der Waals surface area contributed by atoms with E-state index in [1.54, 1.807) is 12.1 Å². The summed E-state index contributed by atoms with van der Waals surface area (Å²) in [5.41, 5.74) is 2.94. The average Bonchev–Trinajstić information content (AvgIpc) is 2.80. The number of rotatable bonds is 2. The van der Waals surface area contributed by atoms with E-state index in [0.717, 1.165) is 22.9 Å². The molecule has 0 aliphatic rings. The van der Waals surface area contributed by atoms with Crippen molar-refractivity contribution in [3.05, 3.63) is 59.7 Å². The van der Waals surface area contributed by atoms with Crippen LogP contribution in [0, 0.1) is 12.7 Å². The number of fused-ring (bicyclic) bond motifs is 1. The number of aryl methyl sites for hydroxylation is 1. The van der Waals surface area contributed by atoms with Gasteiger partial charge in [0, 0.05) is 11.8 Å². The van der Waals surface area contributed by atoms with Crippen LogP contribution in [0.25, 0.3) is 16.9 Å². The molecular formula is C15H11FN2O. The first-order chi connectivity index (χ1) is 9.20. The first-order valence-corrected chi connectivity index (χ1v) is 5.89. The van der Waals surface area contributed by atoms with Gasteiger partial charge < -0.3 is 0 Å². The van der Waals surface area contributed by atoms with Gasteiger partial charge >= 0.3 is 0 Å². The van der Waals surface area contributed by atoms with Crippen LogP contribution in [-0.4, -0.2) is 15.7 Å². The number of hydrogen-bond acceptors (Lipinski definition) is 2. The Morgan fingerprint density at radius 3 is 2.63 bits per heavy atom. The Morgan fingerprint density at radius 1 is 1.21 bits per heavy atom. The molecule has 0 aliphatic heterocycles. The molecule has 1 aromatic carbocycles. The van der Waals surface area contributed by atoms with E-state index in [0.29, 0.717) is 11.5 Å². The molecule has 3 aromatic rings. The van der Waals surface area contributed by atoms with Crippen LogP contribution in [0.1, 0.15) is 16.1 Å². The lowest BCUT2D eigenvalue weighted by molar-refractivity contribution is 0.112. The van der Waals surface area contributed by atoms with Gasteiger partial charge in [-0.05, 0) is 42.8 Å². The normalized spacial score (nSPS) is 10.8. The maximum atomic E-state index is 13.0. The van der Waals surface area contributed by atoms with Crippen LogP contribution in [-0.2, 0) is 0 Å². The molecule has 2 heterocycles. The van der Waals surface area contributed by atoms with Gasteiger partial charge in [-0.1, -0.05) is 6.07 Å². The molecule has 0 saturated carbocycles. The third-order valence-corrected chi connectivity index (χ3v) is 3.11. The van der Waals surface area contributed by atoms with Crippen LogP contribution in [0.2, 0.25) is 0 Å². The third kappa shape index (κ3) is 1.81. The van der Waals surface area contributed by atoms with E-state index in [1.165, 1.54) is 12.1 Å². The zero-order chi connectivity index (χ0) is 13.4. The number of carbonyl (C=O) groups is 1. The van der Waals surface area contributed by atoms with Crippen molar-refractivity contribution in [2.45, 2.75) is 6.92 Å². The number of benzene rings is 1. The summed E-state index contributed by atoms with van der Waals surface area (Å²) < 4.78 is 14.8. The summed E-state index contributed by atoms with van der Waals surface area (Å²) in [5.74, 6) is 0.345. The number of nitrogens with zero attached hydrogens (tertiary/aromatic N) is 2. The Hall–Kier alpha value is -2.49. The molecule has 0 aliphatic carbocycles. The van der Waals surface area contributed by atoms with Gasteiger partial charge in [0.1, 0.15) is 17.3 Å². The number of aldehydes is 1. The Bertz CT molecular complexity index is 760. The second kappa shape index (κ2) is 4.31. The summed E-state index contributed by atoms with van der Waals surface area (Å²) in [5, 5.41) is 0. The van der Waals surface area contributed by atoms with Gasteiger partial charge in [-0.15, -0.1) is 0 Å². The van der Waals surface area contributed by atoms with Gasteiger partial charge in [0.05, 0.1) is 5.52 Å². The van der Waals surface area contributed by atoms with Crippen molar-refractivity contribution in [3.8, 4) is 11.4 Å². The number of imidazole rings is 1. The standard InChI is InChI=1S/C15H11FN2O/c1-10-3-2-8-18-14(10)13(9-19)17-15(18)11-4-6-12(16)7-5-11/h2-9H,1H3. The number of halogens is 1. The molecule has 0 bridgehead atoms. The predicted octanol–water partition coefficient (Wildman–Crippen LogP) is 3.26. The molecule has 3 rings (SSSR count). The lowest BCUT2D eigenvalue weighted by Gasteiger charge is -2.02. The van der Waals surface area contributed by atoms with Gasteiger partial charge in [0.2, 0.25) is 0 Å². The van der Waals surface area contributed by atoms with Crippen molar-refractivity contribution < 1.29 is 9.18 Å². The first-order valence-electron chi connectivity index (χ1n) is 5.89. The monoisotopic (exact) mass is 254 g/mol. The van der Waals surface area contributed by atoms with Crippen LogP contribution in [0.3, 0.4) is 0 Å². The van der Waals surface area contributed by atoms with Crippen molar-refractivity contribution in [2.75, 3.05) is 0 Å². The highest BCUT2D eigenvalue weighted by atomic mass is 19.1. The van der Waals surface area contributed by atoms with Crippen molar-refractivity contribution in [3.63, 3.8) is 0 Å². The molecule has 0 spiro atoms. The van der Waals surface area contributed by atoms with Gasteiger partial charge in [-0.25, -0.2) is 9.37 Å². The molecule has 0 saturated heterocycles. The Labute approximate surface area is 109 Å². The van der Waals surface area contributed by atoms with Crippen molar-refractivity contribution >= 4 is 11.8 Å². The average molecular weight is 254 g/mol. The quantitative estimate of drug-likeness (QED) is 0.658. The van der Waals surface area contributed by atoms with Crippen molar-refractivity contribution in [1.82, 2.24) is 9.38 Å². The molecule has 4 heteroatoms. The molecule has 0 atom stereocenters. The third-order valence-electron chi connectivity index (χ3n) is 3.11. The highest BCUT2D eigenvalue weighted by molar-refractivity contribution is 5.87. The van der Waals surface area contributed by atoms with Crippen LogP contribution in [0.4, 0.5) is 4.39 Å². The molecular weight excluding hydrogens is 243 g/mol. The highest BCUT2D eigenvalue weighted by Gasteiger charge is 2.13. The topological polar surface area (TPSA) is 34.4 Å². The van der Waals surface area contributed by atoms with Gasteiger partial charge in [0.25, 0.3) is 0 Å². The maximum absolute atomic E-state index is 13.0. The smallest absolute Gasteiger partial charge is 0.170 e. The fourth-order valence-electron chi connectivity index (χ4n) is 2.22. The minimum Gasteiger partial charge on any atom is -0.299 e. The van der Waals surface area contributed by atoms with E-state index < -0.39 is 0 Å². The van der Waals surface area contributed by atoms with Gasteiger partial charge in [-0.2, -0.15) is 0 Å².